The number of benzene rings is 1. The van der Waals surface area contributed by atoms with Crippen LogP contribution in [0.1, 0.15) is 5.01 Å². The van der Waals surface area contributed by atoms with Gasteiger partial charge in [0.1, 0.15) is 15.8 Å². The number of aryl methyl sites for hydroxylation is 1. The van der Waals surface area contributed by atoms with Gasteiger partial charge in [-0.25, -0.2) is 4.39 Å². The second kappa shape index (κ2) is 5.08. The molecule has 1 heterocycles. The summed E-state index contributed by atoms with van der Waals surface area (Å²) in [5.41, 5.74) is 0.681. The Labute approximate surface area is 106 Å². The molecule has 0 radical (unpaired) electrons. The summed E-state index contributed by atoms with van der Waals surface area (Å²) >= 11 is 12.6. The third-order valence-corrected chi connectivity index (χ3v) is 3.47. The lowest BCUT2D eigenvalue weighted by Crippen LogP contribution is -1.83. The van der Waals surface area contributed by atoms with Crippen molar-refractivity contribution in [2.75, 3.05) is 5.88 Å². The van der Waals surface area contributed by atoms with E-state index in [1.165, 1.54) is 23.5 Å². The Morgan fingerprint density at radius 2 is 2.12 bits per heavy atom. The fourth-order valence-corrected chi connectivity index (χ4v) is 2.43. The number of aromatic nitrogens is 2. The van der Waals surface area contributed by atoms with Gasteiger partial charge in [-0.2, -0.15) is 0 Å². The highest BCUT2D eigenvalue weighted by atomic mass is 35.5. The topological polar surface area (TPSA) is 25.8 Å². The summed E-state index contributed by atoms with van der Waals surface area (Å²) in [6.07, 6.45) is 0.676. The maximum absolute atomic E-state index is 13.2. The van der Waals surface area contributed by atoms with E-state index >= 15 is 0 Å². The van der Waals surface area contributed by atoms with Gasteiger partial charge in [0.2, 0.25) is 0 Å². The van der Waals surface area contributed by atoms with Gasteiger partial charge in [0.25, 0.3) is 0 Å². The van der Waals surface area contributed by atoms with E-state index in [0.717, 1.165) is 5.01 Å². The molecule has 2 nitrogen and oxygen atoms in total. The number of rotatable bonds is 3. The van der Waals surface area contributed by atoms with Gasteiger partial charge >= 0.3 is 0 Å². The minimum Gasteiger partial charge on any atom is -0.205 e. The number of alkyl halides is 1. The van der Waals surface area contributed by atoms with Gasteiger partial charge in [0.15, 0.2) is 0 Å². The summed E-state index contributed by atoms with van der Waals surface area (Å²) in [5.74, 6) is 0.0529. The van der Waals surface area contributed by atoms with E-state index in [2.05, 4.69) is 10.2 Å². The van der Waals surface area contributed by atoms with E-state index in [0.29, 0.717) is 22.9 Å². The van der Waals surface area contributed by atoms with E-state index < -0.39 is 5.82 Å². The van der Waals surface area contributed by atoms with E-state index in [-0.39, 0.29) is 5.02 Å². The van der Waals surface area contributed by atoms with Crippen molar-refractivity contribution in [1.29, 1.82) is 0 Å². The maximum Gasteiger partial charge on any atom is 0.147 e. The molecule has 0 fully saturated rings. The van der Waals surface area contributed by atoms with Crippen LogP contribution < -0.4 is 0 Å². The average molecular weight is 277 g/mol. The van der Waals surface area contributed by atoms with Crippen LogP contribution >= 0.6 is 34.5 Å². The SMILES string of the molecule is Fc1cc(-c2nnc(CCCl)s2)ccc1Cl. The molecular formula is C10H7Cl2FN2S. The third-order valence-electron chi connectivity index (χ3n) is 1.94. The summed E-state index contributed by atoms with van der Waals surface area (Å²) in [4.78, 5) is 0. The second-order valence-corrected chi connectivity index (χ2v) is 4.92. The highest BCUT2D eigenvalue weighted by Crippen LogP contribution is 2.26. The fraction of sp³-hybridized carbons (Fsp3) is 0.200. The molecule has 16 heavy (non-hydrogen) atoms. The maximum atomic E-state index is 13.2. The van der Waals surface area contributed by atoms with Crippen molar-refractivity contribution >= 4 is 34.5 Å². The lowest BCUT2D eigenvalue weighted by atomic mass is 10.2. The minimum atomic E-state index is -0.451. The molecule has 84 valence electrons. The molecule has 0 aliphatic heterocycles. The van der Waals surface area contributed by atoms with E-state index in [9.17, 15) is 4.39 Å². The summed E-state index contributed by atoms with van der Waals surface area (Å²) < 4.78 is 13.2. The van der Waals surface area contributed by atoms with Crippen molar-refractivity contribution in [2.24, 2.45) is 0 Å². The van der Waals surface area contributed by atoms with Crippen LogP contribution in [0.3, 0.4) is 0 Å². The van der Waals surface area contributed by atoms with Crippen LogP contribution in [-0.4, -0.2) is 16.1 Å². The van der Waals surface area contributed by atoms with Crippen LogP contribution in [0.2, 0.25) is 5.02 Å². The molecule has 0 spiro atoms. The first-order chi connectivity index (χ1) is 7.70. The van der Waals surface area contributed by atoms with Crippen molar-refractivity contribution in [3.63, 3.8) is 0 Å². The number of hydrogen-bond donors (Lipinski definition) is 0. The molecule has 2 aromatic rings. The number of halogens is 3. The zero-order valence-corrected chi connectivity index (χ0v) is 10.4. The average Bonchev–Trinajstić information content (AvgIpc) is 2.71. The summed E-state index contributed by atoms with van der Waals surface area (Å²) in [5, 5.41) is 9.57. The summed E-state index contributed by atoms with van der Waals surface area (Å²) in [7, 11) is 0. The first kappa shape index (κ1) is 11.8. The zero-order chi connectivity index (χ0) is 11.5. The number of nitrogens with zero attached hydrogens (tertiary/aromatic N) is 2. The van der Waals surface area contributed by atoms with Gasteiger partial charge in [-0.3, -0.25) is 0 Å². The molecule has 0 amide bonds. The predicted octanol–water partition coefficient (Wildman–Crippen LogP) is 3.78. The standard InChI is InChI=1S/C10H7Cl2FN2S/c11-4-3-9-14-15-10(16-9)6-1-2-7(12)8(13)5-6/h1-2,5H,3-4H2. The smallest absolute Gasteiger partial charge is 0.147 e. The first-order valence-electron chi connectivity index (χ1n) is 4.54. The lowest BCUT2D eigenvalue weighted by Gasteiger charge is -1.96. The highest BCUT2D eigenvalue weighted by molar-refractivity contribution is 7.14. The van der Waals surface area contributed by atoms with Crippen LogP contribution in [0, 0.1) is 5.82 Å². The Morgan fingerprint density at radius 1 is 1.31 bits per heavy atom. The predicted molar refractivity (Wildman–Crippen MR) is 64.7 cm³/mol. The van der Waals surface area contributed by atoms with Gasteiger partial charge in [-0.1, -0.05) is 29.0 Å². The van der Waals surface area contributed by atoms with Crippen LogP contribution in [0.15, 0.2) is 18.2 Å². The Balaban J connectivity index is 2.31. The van der Waals surface area contributed by atoms with Gasteiger partial charge in [-0.15, -0.1) is 21.8 Å². The minimum absolute atomic E-state index is 0.106. The zero-order valence-electron chi connectivity index (χ0n) is 8.08. The molecule has 6 heteroatoms. The Morgan fingerprint density at radius 3 is 2.81 bits per heavy atom. The van der Waals surface area contributed by atoms with Crippen molar-refractivity contribution in [1.82, 2.24) is 10.2 Å². The Hall–Kier alpha value is -0.710. The number of hydrogen-bond acceptors (Lipinski definition) is 3. The van der Waals surface area contributed by atoms with Gasteiger partial charge < -0.3 is 0 Å². The molecular weight excluding hydrogens is 270 g/mol. The molecule has 0 aliphatic rings. The largest absolute Gasteiger partial charge is 0.205 e. The molecule has 0 saturated carbocycles. The molecule has 1 aromatic carbocycles. The first-order valence-corrected chi connectivity index (χ1v) is 6.27. The quantitative estimate of drug-likeness (QED) is 0.798. The van der Waals surface area contributed by atoms with Crippen molar-refractivity contribution in [3.05, 3.63) is 34.0 Å². The summed E-state index contributed by atoms with van der Waals surface area (Å²) in [6, 6.07) is 4.58. The molecule has 0 aliphatic carbocycles. The Kier molecular flexibility index (Phi) is 3.74. The normalized spacial score (nSPS) is 10.7. The van der Waals surface area contributed by atoms with Gasteiger partial charge in [0.05, 0.1) is 5.02 Å². The van der Waals surface area contributed by atoms with E-state index in [1.54, 1.807) is 6.07 Å². The van der Waals surface area contributed by atoms with E-state index in [1.807, 2.05) is 0 Å². The molecule has 1 aromatic heterocycles. The fourth-order valence-electron chi connectivity index (χ4n) is 1.18. The van der Waals surface area contributed by atoms with Crippen molar-refractivity contribution in [3.8, 4) is 10.6 Å². The Bertz CT molecular complexity index is 501. The lowest BCUT2D eigenvalue weighted by molar-refractivity contribution is 0.629. The summed E-state index contributed by atoms with van der Waals surface area (Å²) in [6.45, 7) is 0. The van der Waals surface area contributed by atoms with Crippen molar-refractivity contribution < 1.29 is 4.39 Å². The van der Waals surface area contributed by atoms with E-state index in [4.69, 9.17) is 23.2 Å². The molecule has 0 N–H and O–H groups in total. The molecule has 0 saturated heterocycles. The highest BCUT2D eigenvalue weighted by Gasteiger charge is 2.08. The van der Waals surface area contributed by atoms with Crippen LogP contribution in [-0.2, 0) is 6.42 Å². The van der Waals surface area contributed by atoms with Crippen LogP contribution in [0.5, 0.6) is 0 Å². The molecule has 0 bridgehead atoms. The molecule has 2 rings (SSSR count). The molecule has 0 atom stereocenters. The van der Waals surface area contributed by atoms with Crippen LogP contribution in [0.4, 0.5) is 4.39 Å². The van der Waals surface area contributed by atoms with Gasteiger partial charge in [0, 0.05) is 17.9 Å². The van der Waals surface area contributed by atoms with Crippen LogP contribution in [0.25, 0.3) is 10.6 Å². The second-order valence-electron chi connectivity index (χ2n) is 3.07. The van der Waals surface area contributed by atoms with Crippen molar-refractivity contribution in [2.45, 2.75) is 6.42 Å². The monoisotopic (exact) mass is 276 g/mol. The van der Waals surface area contributed by atoms with Gasteiger partial charge in [-0.05, 0) is 12.1 Å². The molecule has 0 unspecified atom stereocenters. The third kappa shape index (κ3) is 2.51.